The van der Waals surface area contributed by atoms with E-state index in [1.54, 1.807) is 0 Å². The maximum Gasteiger partial charge on any atom is 0.244 e. The van der Waals surface area contributed by atoms with E-state index in [4.69, 9.17) is 5.73 Å². The first-order valence-electron chi connectivity index (χ1n) is 6.69. The summed E-state index contributed by atoms with van der Waals surface area (Å²) in [7, 11) is 0. The lowest BCUT2D eigenvalue weighted by molar-refractivity contribution is -0.115. The monoisotopic (exact) mass is 245 g/mol. The van der Waals surface area contributed by atoms with Crippen LogP contribution in [0, 0.1) is 5.92 Å². The Hall–Kier alpha value is -1.57. The molecule has 0 spiro atoms. The molecule has 18 heavy (non-hydrogen) atoms. The maximum atomic E-state index is 11.3. The molecule has 1 atom stereocenters. The second kappa shape index (κ2) is 7.70. The lowest BCUT2D eigenvalue weighted by Crippen LogP contribution is -2.18. The number of carbonyl (C=O) groups is 1. The number of carbonyl (C=O) groups excluding carboxylic acids is 1. The molecular weight excluding hydrogens is 222 g/mol. The molecule has 0 fully saturated rings. The van der Waals surface area contributed by atoms with E-state index < -0.39 is 0 Å². The van der Waals surface area contributed by atoms with Crippen molar-refractivity contribution in [3.05, 3.63) is 47.5 Å². The second-order valence-corrected chi connectivity index (χ2v) is 4.71. The third kappa shape index (κ3) is 4.74. The van der Waals surface area contributed by atoms with E-state index in [-0.39, 0.29) is 11.8 Å². The molecule has 2 N–H and O–H groups in total. The first kappa shape index (κ1) is 14.5. The molecule has 2 heteroatoms. The van der Waals surface area contributed by atoms with Crippen LogP contribution in [0.3, 0.4) is 0 Å². The van der Waals surface area contributed by atoms with E-state index in [2.05, 4.69) is 31.2 Å². The van der Waals surface area contributed by atoms with Gasteiger partial charge in [0.25, 0.3) is 0 Å². The Morgan fingerprint density at radius 1 is 1.33 bits per heavy atom. The highest BCUT2D eigenvalue weighted by atomic mass is 16.1. The first-order valence-corrected chi connectivity index (χ1v) is 6.69. The summed E-state index contributed by atoms with van der Waals surface area (Å²) in [4.78, 5) is 11.3. The van der Waals surface area contributed by atoms with Crippen molar-refractivity contribution in [3.63, 3.8) is 0 Å². The number of aryl methyl sites for hydroxylation is 1. The van der Waals surface area contributed by atoms with Gasteiger partial charge in [-0.25, -0.2) is 0 Å². The fourth-order valence-electron chi connectivity index (χ4n) is 1.97. The van der Waals surface area contributed by atoms with Gasteiger partial charge in [-0.2, -0.15) is 0 Å². The molecule has 0 bridgehead atoms. The summed E-state index contributed by atoms with van der Waals surface area (Å²) in [5.74, 6) is -0.0108. The molecule has 1 rings (SSSR count). The minimum atomic E-state index is -0.274. The third-order valence-electron chi connectivity index (χ3n) is 3.30. The molecule has 0 aliphatic carbocycles. The van der Waals surface area contributed by atoms with Gasteiger partial charge in [-0.3, -0.25) is 4.79 Å². The van der Waals surface area contributed by atoms with E-state index in [0.29, 0.717) is 0 Å². The highest BCUT2D eigenvalue weighted by Crippen LogP contribution is 2.15. The van der Waals surface area contributed by atoms with Crippen LogP contribution in [0.15, 0.2) is 42.0 Å². The van der Waals surface area contributed by atoms with Crippen LogP contribution in [0.5, 0.6) is 0 Å². The third-order valence-corrected chi connectivity index (χ3v) is 3.30. The molecule has 2 nitrogen and oxygen atoms in total. The maximum absolute atomic E-state index is 11.3. The molecular formula is C16H23NO. The number of unbranched alkanes of at least 4 members (excludes halogenated alkanes) is 1. The van der Waals surface area contributed by atoms with Crippen LogP contribution in [0.2, 0.25) is 0 Å². The Morgan fingerprint density at radius 2 is 2.00 bits per heavy atom. The summed E-state index contributed by atoms with van der Waals surface area (Å²) < 4.78 is 0. The molecule has 1 amide bonds. The molecule has 0 radical (unpaired) electrons. The van der Waals surface area contributed by atoms with Crippen molar-refractivity contribution in [2.24, 2.45) is 11.7 Å². The summed E-state index contributed by atoms with van der Waals surface area (Å²) in [6.07, 6.45) is 5.98. The predicted molar refractivity (Wildman–Crippen MR) is 76.1 cm³/mol. The van der Waals surface area contributed by atoms with Crippen molar-refractivity contribution in [2.75, 3.05) is 0 Å². The van der Waals surface area contributed by atoms with Gasteiger partial charge >= 0.3 is 0 Å². The fourth-order valence-corrected chi connectivity index (χ4v) is 1.97. The molecule has 0 aromatic heterocycles. The van der Waals surface area contributed by atoms with Crippen molar-refractivity contribution in [2.45, 2.75) is 39.5 Å². The Balaban J connectivity index is 2.45. The van der Waals surface area contributed by atoms with E-state index in [1.807, 2.05) is 19.1 Å². The number of benzene rings is 1. The Kier molecular flexibility index (Phi) is 6.20. The van der Waals surface area contributed by atoms with Crippen molar-refractivity contribution in [3.8, 4) is 0 Å². The number of primary amides is 1. The normalized spacial score (nSPS) is 13.3. The number of amides is 1. The summed E-state index contributed by atoms with van der Waals surface area (Å²) in [5.41, 5.74) is 7.52. The van der Waals surface area contributed by atoms with Crippen molar-refractivity contribution < 1.29 is 4.79 Å². The Bertz CT molecular complexity index is 395. The van der Waals surface area contributed by atoms with E-state index in [9.17, 15) is 4.79 Å². The number of nitrogens with two attached hydrogens (primary N) is 1. The van der Waals surface area contributed by atoms with E-state index >= 15 is 0 Å². The van der Waals surface area contributed by atoms with Crippen molar-refractivity contribution >= 4 is 5.91 Å². The average molecular weight is 245 g/mol. The molecule has 0 saturated heterocycles. The summed E-state index contributed by atoms with van der Waals surface area (Å²) in [6, 6.07) is 10.4. The molecule has 0 heterocycles. The summed E-state index contributed by atoms with van der Waals surface area (Å²) in [5, 5.41) is 0. The topological polar surface area (TPSA) is 43.1 Å². The molecule has 0 aliphatic heterocycles. The zero-order valence-corrected chi connectivity index (χ0v) is 11.4. The smallest absolute Gasteiger partial charge is 0.244 e. The fraction of sp³-hybridized carbons (Fsp3) is 0.438. The highest BCUT2D eigenvalue weighted by Gasteiger charge is 2.11. The zero-order chi connectivity index (χ0) is 13.4. The minimum absolute atomic E-state index is 0.263. The molecule has 1 unspecified atom stereocenters. The van der Waals surface area contributed by atoms with E-state index in [1.165, 1.54) is 5.56 Å². The highest BCUT2D eigenvalue weighted by molar-refractivity contribution is 5.92. The van der Waals surface area contributed by atoms with Gasteiger partial charge in [-0.1, -0.05) is 50.3 Å². The van der Waals surface area contributed by atoms with Crippen molar-refractivity contribution in [1.29, 1.82) is 0 Å². The largest absolute Gasteiger partial charge is 0.366 e. The Labute approximate surface area is 110 Å². The van der Waals surface area contributed by atoms with Gasteiger partial charge in [-0.15, -0.1) is 0 Å². The Morgan fingerprint density at radius 3 is 2.56 bits per heavy atom. The van der Waals surface area contributed by atoms with Gasteiger partial charge in [0.15, 0.2) is 0 Å². The number of hydrogen-bond acceptors (Lipinski definition) is 1. The quantitative estimate of drug-likeness (QED) is 0.580. The summed E-state index contributed by atoms with van der Waals surface area (Å²) in [6.45, 7) is 4.12. The standard InChI is InChI=1S/C16H23NO/c1-3-13(2)15(16(17)18)12-8-7-11-14-9-5-4-6-10-14/h4-6,9-10,12-13H,3,7-8,11H2,1-2H3,(H2,17,18)/b15-12+. The van der Waals surface area contributed by atoms with Gasteiger partial charge < -0.3 is 5.73 Å². The molecule has 0 saturated carbocycles. The lowest BCUT2D eigenvalue weighted by Gasteiger charge is -2.10. The lowest BCUT2D eigenvalue weighted by atomic mass is 9.96. The van der Waals surface area contributed by atoms with Gasteiger partial charge in [0.05, 0.1) is 0 Å². The molecule has 1 aromatic rings. The zero-order valence-electron chi connectivity index (χ0n) is 11.4. The average Bonchev–Trinajstić information content (AvgIpc) is 2.38. The minimum Gasteiger partial charge on any atom is -0.366 e. The van der Waals surface area contributed by atoms with Crippen LogP contribution in [-0.2, 0) is 11.2 Å². The molecule has 98 valence electrons. The molecule has 0 aliphatic rings. The molecule has 1 aromatic carbocycles. The van der Waals surface area contributed by atoms with Crippen LogP contribution < -0.4 is 5.73 Å². The van der Waals surface area contributed by atoms with Gasteiger partial charge in [0.1, 0.15) is 0 Å². The van der Waals surface area contributed by atoms with Gasteiger partial charge in [0, 0.05) is 5.57 Å². The van der Waals surface area contributed by atoms with Crippen LogP contribution >= 0.6 is 0 Å². The number of allylic oxidation sites excluding steroid dienone is 1. The van der Waals surface area contributed by atoms with Crippen LogP contribution in [0.25, 0.3) is 0 Å². The predicted octanol–water partition coefficient (Wildman–Crippen LogP) is 3.47. The number of rotatable bonds is 7. The van der Waals surface area contributed by atoms with Crippen LogP contribution in [0.4, 0.5) is 0 Å². The van der Waals surface area contributed by atoms with Gasteiger partial charge in [-0.05, 0) is 37.2 Å². The SMILES string of the molecule is CCC(C)/C(=C\CCCc1ccccc1)C(N)=O. The van der Waals surface area contributed by atoms with Crippen molar-refractivity contribution in [1.82, 2.24) is 0 Å². The van der Waals surface area contributed by atoms with Crippen LogP contribution in [-0.4, -0.2) is 5.91 Å². The second-order valence-electron chi connectivity index (χ2n) is 4.71. The first-order chi connectivity index (χ1) is 8.65. The van der Waals surface area contributed by atoms with Gasteiger partial charge in [0.2, 0.25) is 5.91 Å². The number of hydrogen-bond donors (Lipinski definition) is 1. The van der Waals surface area contributed by atoms with Crippen LogP contribution in [0.1, 0.15) is 38.7 Å². The summed E-state index contributed by atoms with van der Waals surface area (Å²) >= 11 is 0. The van der Waals surface area contributed by atoms with E-state index in [0.717, 1.165) is 31.3 Å².